The van der Waals surface area contributed by atoms with Crippen LogP contribution in [0.3, 0.4) is 0 Å². The van der Waals surface area contributed by atoms with Crippen LogP contribution < -0.4 is 0 Å². The Bertz CT molecular complexity index is 425. The third kappa shape index (κ3) is 3.02. The molecule has 4 heteroatoms. The number of carboxylic acid groups (broad SMARTS) is 1. The maximum atomic E-state index is 10.9. The summed E-state index contributed by atoms with van der Waals surface area (Å²) >= 11 is 9.44. The van der Waals surface area contributed by atoms with Crippen LogP contribution in [0, 0.1) is 5.92 Å². The summed E-state index contributed by atoms with van der Waals surface area (Å²) in [7, 11) is 0. The van der Waals surface area contributed by atoms with E-state index in [1.54, 1.807) is 0 Å². The first-order valence-corrected chi connectivity index (χ1v) is 6.93. The molecule has 2 rings (SSSR count). The van der Waals surface area contributed by atoms with Gasteiger partial charge in [-0.3, -0.25) is 4.79 Å². The van der Waals surface area contributed by atoms with Gasteiger partial charge in [-0.25, -0.2) is 0 Å². The molecular weight excluding hydrogens is 303 g/mol. The van der Waals surface area contributed by atoms with Gasteiger partial charge in [0.2, 0.25) is 0 Å². The van der Waals surface area contributed by atoms with Crippen molar-refractivity contribution >= 4 is 33.5 Å². The number of hydrogen-bond acceptors (Lipinski definition) is 1. The van der Waals surface area contributed by atoms with Gasteiger partial charge in [0.1, 0.15) is 0 Å². The summed E-state index contributed by atoms with van der Waals surface area (Å²) in [5.41, 5.74) is 1.22. The van der Waals surface area contributed by atoms with E-state index in [-0.39, 0.29) is 5.92 Å². The Hall–Kier alpha value is -0.540. The second kappa shape index (κ2) is 5.40. The molecule has 0 bridgehead atoms. The molecule has 0 heterocycles. The molecule has 0 saturated heterocycles. The van der Waals surface area contributed by atoms with Crippen LogP contribution in [0.25, 0.3) is 0 Å². The Morgan fingerprint density at radius 1 is 1.29 bits per heavy atom. The highest BCUT2D eigenvalue weighted by atomic mass is 79.9. The Morgan fingerprint density at radius 2 is 1.94 bits per heavy atom. The molecule has 2 nitrogen and oxygen atoms in total. The first-order chi connectivity index (χ1) is 8.08. The molecule has 1 aromatic rings. The van der Waals surface area contributed by atoms with E-state index < -0.39 is 5.97 Å². The first kappa shape index (κ1) is 12.9. The third-order valence-electron chi connectivity index (χ3n) is 3.49. The lowest BCUT2D eigenvalue weighted by atomic mass is 9.79. The Balaban J connectivity index is 2.05. The van der Waals surface area contributed by atoms with E-state index >= 15 is 0 Å². The van der Waals surface area contributed by atoms with E-state index in [1.165, 1.54) is 5.56 Å². The summed E-state index contributed by atoms with van der Waals surface area (Å²) in [5, 5.41) is 9.67. The summed E-state index contributed by atoms with van der Waals surface area (Å²) in [6, 6.07) is 6.01. The summed E-state index contributed by atoms with van der Waals surface area (Å²) in [6.07, 6.45) is 3.42. The van der Waals surface area contributed by atoms with E-state index in [0.717, 1.165) is 35.2 Å². The molecule has 0 aliphatic heterocycles. The lowest BCUT2D eigenvalue weighted by Gasteiger charge is -2.26. The number of aliphatic carboxylic acids is 1. The fraction of sp³-hybridized carbons (Fsp3) is 0.462. The van der Waals surface area contributed by atoms with Crippen LogP contribution >= 0.6 is 27.5 Å². The molecule has 0 amide bonds. The zero-order valence-electron chi connectivity index (χ0n) is 9.33. The molecule has 1 aliphatic rings. The molecule has 92 valence electrons. The molecular formula is C13H14BrClO2. The van der Waals surface area contributed by atoms with Gasteiger partial charge in [0.15, 0.2) is 0 Å². The van der Waals surface area contributed by atoms with Crippen LogP contribution in [0.2, 0.25) is 5.02 Å². The standard InChI is InChI=1S/C13H14BrClO2/c14-11-6-5-10(7-12(11)15)8-1-3-9(4-2-8)13(16)17/h5-9H,1-4H2,(H,16,17). The van der Waals surface area contributed by atoms with Crippen LogP contribution in [0.4, 0.5) is 0 Å². The molecule has 0 unspecified atom stereocenters. The predicted molar refractivity (Wildman–Crippen MR) is 71.5 cm³/mol. The highest BCUT2D eigenvalue weighted by molar-refractivity contribution is 9.10. The smallest absolute Gasteiger partial charge is 0.306 e. The summed E-state index contributed by atoms with van der Waals surface area (Å²) < 4.78 is 0.905. The Morgan fingerprint density at radius 3 is 2.47 bits per heavy atom. The molecule has 0 aromatic heterocycles. The molecule has 1 aromatic carbocycles. The van der Waals surface area contributed by atoms with Gasteiger partial charge >= 0.3 is 5.97 Å². The highest BCUT2D eigenvalue weighted by Crippen LogP contribution is 2.37. The highest BCUT2D eigenvalue weighted by Gasteiger charge is 2.26. The van der Waals surface area contributed by atoms with Crippen LogP contribution in [-0.4, -0.2) is 11.1 Å². The average Bonchev–Trinajstić information content (AvgIpc) is 2.33. The number of benzene rings is 1. The van der Waals surface area contributed by atoms with Gasteiger partial charge in [-0.1, -0.05) is 17.7 Å². The predicted octanol–water partition coefficient (Wildman–Crippen LogP) is 4.46. The van der Waals surface area contributed by atoms with E-state index in [0.29, 0.717) is 5.92 Å². The maximum Gasteiger partial charge on any atom is 0.306 e. The fourth-order valence-corrected chi connectivity index (χ4v) is 2.88. The second-order valence-corrected chi connectivity index (χ2v) is 5.82. The number of hydrogen-bond donors (Lipinski definition) is 1. The molecule has 0 radical (unpaired) electrons. The fourth-order valence-electron chi connectivity index (χ4n) is 2.44. The minimum atomic E-state index is -0.655. The average molecular weight is 318 g/mol. The Labute approximate surface area is 114 Å². The van der Waals surface area contributed by atoms with Crippen molar-refractivity contribution in [3.63, 3.8) is 0 Å². The van der Waals surface area contributed by atoms with Crippen molar-refractivity contribution in [3.8, 4) is 0 Å². The number of halogens is 2. The van der Waals surface area contributed by atoms with Crippen molar-refractivity contribution in [1.29, 1.82) is 0 Å². The van der Waals surface area contributed by atoms with Crippen LogP contribution in [0.5, 0.6) is 0 Å². The number of carbonyl (C=O) groups is 1. The van der Waals surface area contributed by atoms with Gasteiger partial charge in [0, 0.05) is 4.47 Å². The van der Waals surface area contributed by atoms with Crippen LogP contribution in [0.1, 0.15) is 37.2 Å². The van der Waals surface area contributed by atoms with Gasteiger partial charge in [0.05, 0.1) is 10.9 Å². The molecule has 0 spiro atoms. The number of carboxylic acids is 1. The lowest BCUT2D eigenvalue weighted by molar-refractivity contribution is -0.142. The van der Waals surface area contributed by atoms with Crippen LogP contribution in [-0.2, 0) is 4.79 Å². The lowest BCUT2D eigenvalue weighted by Crippen LogP contribution is -2.20. The van der Waals surface area contributed by atoms with Gasteiger partial charge in [-0.2, -0.15) is 0 Å². The minimum absolute atomic E-state index is 0.155. The quantitative estimate of drug-likeness (QED) is 0.874. The van der Waals surface area contributed by atoms with Crippen molar-refractivity contribution in [3.05, 3.63) is 33.3 Å². The zero-order valence-corrected chi connectivity index (χ0v) is 11.7. The van der Waals surface area contributed by atoms with E-state index in [2.05, 4.69) is 22.0 Å². The Kier molecular flexibility index (Phi) is 4.10. The van der Waals surface area contributed by atoms with Crippen molar-refractivity contribution in [1.82, 2.24) is 0 Å². The molecule has 1 N–H and O–H groups in total. The summed E-state index contributed by atoms with van der Waals surface area (Å²) in [4.78, 5) is 10.9. The summed E-state index contributed by atoms with van der Waals surface area (Å²) in [5.74, 6) is -0.356. The van der Waals surface area contributed by atoms with Crippen molar-refractivity contribution in [2.45, 2.75) is 31.6 Å². The van der Waals surface area contributed by atoms with Gasteiger partial charge in [0.25, 0.3) is 0 Å². The third-order valence-corrected chi connectivity index (χ3v) is 4.72. The van der Waals surface area contributed by atoms with Gasteiger partial charge < -0.3 is 5.11 Å². The van der Waals surface area contributed by atoms with Crippen molar-refractivity contribution in [2.75, 3.05) is 0 Å². The maximum absolute atomic E-state index is 10.9. The first-order valence-electron chi connectivity index (χ1n) is 5.75. The normalized spacial score (nSPS) is 24.6. The zero-order chi connectivity index (χ0) is 12.4. The second-order valence-electron chi connectivity index (χ2n) is 4.56. The van der Waals surface area contributed by atoms with Crippen molar-refractivity contribution < 1.29 is 9.90 Å². The SMILES string of the molecule is O=C(O)C1CCC(c2ccc(Br)c(Cl)c2)CC1. The number of rotatable bonds is 2. The van der Waals surface area contributed by atoms with Crippen molar-refractivity contribution in [2.24, 2.45) is 5.92 Å². The minimum Gasteiger partial charge on any atom is -0.481 e. The van der Waals surface area contributed by atoms with Crippen LogP contribution in [0.15, 0.2) is 22.7 Å². The topological polar surface area (TPSA) is 37.3 Å². The molecule has 0 atom stereocenters. The monoisotopic (exact) mass is 316 g/mol. The van der Waals surface area contributed by atoms with E-state index in [9.17, 15) is 4.79 Å². The van der Waals surface area contributed by atoms with E-state index in [4.69, 9.17) is 16.7 Å². The van der Waals surface area contributed by atoms with Gasteiger partial charge in [-0.05, 0) is 65.2 Å². The molecule has 1 aliphatic carbocycles. The largest absolute Gasteiger partial charge is 0.481 e. The molecule has 1 fully saturated rings. The van der Waals surface area contributed by atoms with Gasteiger partial charge in [-0.15, -0.1) is 0 Å². The van der Waals surface area contributed by atoms with E-state index in [1.807, 2.05) is 12.1 Å². The summed E-state index contributed by atoms with van der Waals surface area (Å²) in [6.45, 7) is 0. The molecule has 1 saturated carbocycles. The molecule has 17 heavy (non-hydrogen) atoms.